The van der Waals surface area contributed by atoms with Crippen molar-refractivity contribution in [3.8, 4) is 5.75 Å². The van der Waals surface area contributed by atoms with E-state index in [1.54, 1.807) is 18.4 Å². The van der Waals surface area contributed by atoms with Crippen LogP contribution in [-0.2, 0) is 0 Å². The van der Waals surface area contributed by atoms with Crippen molar-refractivity contribution < 1.29 is 4.74 Å². The molecule has 1 heterocycles. The first-order chi connectivity index (χ1) is 7.79. The van der Waals surface area contributed by atoms with Crippen molar-refractivity contribution in [2.45, 2.75) is 13.0 Å². The van der Waals surface area contributed by atoms with Gasteiger partial charge in [-0.2, -0.15) is 0 Å². The lowest BCUT2D eigenvalue weighted by Crippen LogP contribution is -2.04. The Morgan fingerprint density at radius 3 is 2.81 bits per heavy atom. The average molecular weight is 233 g/mol. The van der Waals surface area contributed by atoms with Gasteiger partial charge in [0.05, 0.1) is 13.2 Å². The third-order valence-corrected chi connectivity index (χ3v) is 3.48. The van der Waals surface area contributed by atoms with Crippen LogP contribution in [0.15, 0.2) is 41.8 Å². The van der Waals surface area contributed by atoms with Crippen LogP contribution in [0.25, 0.3) is 0 Å². The number of methoxy groups -OCH3 is 1. The fraction of sp³-hybridized carbons (Fsp3) is 0.231. The Morgan fingerprint density at radius 2 is 2.12 bits per heavy atom. The summed E-state index contributed by atoms with van der Waals surface area (Å²) in [5, 5.41) is 5.55. The summed E-state index contributed by atoms with van der Waals surface area (Å²) in [5.41, 5.74) is 1.08. The summed E-state index contributed by atoms with van der Waals surface area (Å²) in [4.78, 5) is 1.34. The van der Waals surface area contributed by atoms with E-state index in [0.29, 0.717) is 6.04 Å². The summed E-state index contributed by atoms with van der Waals surface area (Å²) < 4.78 is 5.19. The molecule has 3 heteroatoms. The number of rotatable bonds is 4. The van der Waals surface area contributed by atoms with Crippen LogP contribution in [-0.4, -0.2) is 7.11 Å². The Kier molecular flexibility index (Phi) is 3.47. The number of thiophene rings is 1. The zero-order valence-electron chi connectivity index (χ0n) is 9.44. The summed E-state index contributed by atoms with van der Waals surface area (Å²) in [7, 11) is 1.68. The van der Waals surface area contributed by atoms with E-state index in [1.165, 1.54) is 4.88 Å². The van der Waals surface area contributed by atoms with E-state index in [-0.39, 0.29) is 0 Å². The molecule has 1 N–H and O–H groups in total. The van der Waals surface area contributed by atoms with E-state index in [0.717, 1.165) is 11.4 Å². The van der Waals surface area contributed by atoms with Gasteiger partial charge in [0.25, 0.3) is 0 Å². The third-order valence-electron chi connectivity index (χ3n) is 2.42. The van der Waals surface area contributed by atoms with E-state index in [4.69, 9.17) is 4.74 Å². The molecule has 0 amide bonds. The van der Waals surface area contributed by atoms with Crippen LogP contribution in [0, 0.1) is 0 Å². The van der Waals surface area contributed by atoms with Gasteiger partial charge >= 0.3 is 0 Å². The van der Waals surface area contributed by atoms with Gasteiger partial charge in [-0.05, 0) is 30.5 Å². The summed E-state index contributed by atoms with van der Waals surface area (Å²) >= 11 is 1.77. The van der Waals surface area contributed by atoms with Crippen molar-refractivity contribution in [2.24, 2.45) is 0 Å². The Balaban J connectivity index is 2.08. The molecule has 1 atom stereocenters. The standard InChI is InChI=1S/C13H15NOS/c1-10(13-7-4-8-16-13)14-11-5-3-6-12(9-11)15-2/h3-10,14H,1-2H3. The van der Waals surface area contributed by atoms with Crippen LogP contribution >= 0.6 is 11.3 Å². The highest BCUT2D eigenvalue weighted by atomic mass is 32.1. The van der Waals surface area contributed by atoms with E-state index in [1.807, 2.05) is 24.3 Å². The molecule has 0 saturated heterocycles. The summed E-state index contributed by atoms with van der Waals surface area (Å²) in [6, 6.07) is 12.5. The molecule has 0 fully saturated rings. The minimum Gasteiger partial charge on any atom is -0.497 e. The maximum Gasteiger partial charge on any atom is 0.120 e. The lowest BCUT2D eigenvalue weighted by atomic mass is 10.2. The second-order valence-corrected chi connectivity index (χ2v) is 4.59. The summed E-state index contributed by atoms with van der Waals surface area (Å²) in [6.07, 6.45) is 0. The van der Waals surface area contributed by atoms with Gasteiger partial charge in [-0.15, -0.1) is 11.3 Å². The first-order valence-corrected chi connectivity index (χ1v) is 6.11. The number of anilines is 1. The van der Waals surface area contributed by atoms with E-state index in [9.17, 15) is 0 Å². The topological polar surface area (TPSA) is 21.3 Å². The molecule has 84 valence electrons. The largest absolute Gasteiger partial charge is 0.497 e. The van der Waals surface area contributed by atoms with Gasteiger partial charge in [0.15, 0.2) is 0 Å². The smallest absolute Gasteiger partial charge is 0.120 e. The van der Waals surface area contributed by atoms with Gasteiger partial charge < -0.3 is 10.1 Å². The Bertz CT molecular complexity index is 439. The molecule has 16 heavy (non-hydrogen) atoms. The molecule has 1 aromatic carbocycles. The van der Waals surface area contributed by atoms with Crippen LogP contribution < -0.4 is 10.1 Å². The van der Waals surface area contributed by atoms with Crippen LogP contribution in [0.5, 0.6) is 5.75 Å². The highest BCUT2D eigenvalue weighted by Crippen LogP contribution is 2.24. The van der Waals surface area contributed by atoms with E-state index in [2.05, 4.69) is 29.8 Å². The minimum absolute atomic E-state index is 0.326. The first-order valence-electron chi connectivity index (χ1n) is 5.23. The van der Waals surface area contributed by atoms with Crippen LogP contribution in [0.4, 0.5) is 5.69 Å². The molecule has 0 saturated carbocycles. The Hall–Kier alpha value is -1.48. The SMILES string of the molecule is COc1cccc(NC(C)c2cccs2)c1. The summed E-state index contributed by atoms with van der Waals surface area (Å²) in [5.74, 6) is 0.878. The Labute approximate surface area is 99.9 Å². The maximum absolute atomic E-state index is 5.19. The molecule has 0 aliphatic rings. The highest BCUT2D eigenvalue weighted by molar-refractivity contribution is 7.10. The average Bonchev–Trinajstić information content (AvgIpc) is 2.83. The van der Waals surface area contributed by atoms with Crippen molar-refractivity contribution in [3.05, 3.63) is 46.7 Å². The number of benzene rings is 1. The molecule has 2 nitrogen and oxygen atoms in total. The van der Waals surface area contributed by atoms with E-state index >= 15 is 0 Å². The molecule has 1 aromatic heterocycles. The number of ether oxygens (including phenoxy) is 1. The third kappa shape index (κ3) is 2.55. The molecule has 0 radical (unpaired) electrons. The van der Waals surface area contributed by atoms with Crippen molar-refractivity contribution >= 4 is 17.0 Å². The predicted molar refractivity (Wildman–Crippen MR) is 69.4 cm³/mol. The quantitative estimate of drug-likeness (QED) is 0.864. The fourth-order valence-corrected chi connectivity index (χ4v) is 2.31. The van der Waals surface area contributed by atoms with Gasteiger partial charge in [-0.25, -0.2) is 0 Å². The van der Waals surface area contributed by atoms with Gasteiger partial charge in [0.1, 0.15) is 5.75 Å². The molecular formula is C13H15NOS. The van der Waals surface area contributed by atoms with Crippen LogP contribution in [0.3, 0.4) is 0 Å². The van der Waals surface area contributed by atoms with Crippen molar-refractivity contribution in [1.29, 1.82) is 0 Å². The molecule has 0 aliphatic carbocycles. The van der Waals surface area contributed by atoms with Gasteiger partial charge in [0, 0.05) is 16.6 Å². The zero-order chi connectivity index (χ0) is 11.4. The van der Waals surface area contributed by atoms with Gasteiger partial charge in [0.2, 0.25) is 0 Å². The van der Waals surface area contributed by atoms with E-state index < -0.39 is 0 Å². The maximum atomic E-state index is 5.19. The number of hydrogen-bond donors (Lipinski definition) is 1. The minimum atomic E-state index is 0.326. The first kappa shape index (κ1) is 11.0. The molecule has 0 spiro atoms. The van der Waals surface area contributed by atoms with Crippen LogP contribution in [0.1, 0.15) is 17.8 Å². The summed E-state index contributed by atoms with van der Waals surface area (Å²) in [6.45, 7) is 2.16. The fourth-order valence-electron chi connectivity index (χ4n) is 1.57. The normalized spacial score (nSPS) is 12.1. The Morgan fingerprint density at radius 1 is 1.25 bits per heavy atom. The number of hydrogen-bond acceptors (Lipinski definition) is 3. The molecule has 1 unspecified atom stereocenters. The van der Waals surface area contributed by atoms with Crippen LogP contribution in [0.2, 0.25) is 0 Å². The van der Waals surface area contributed by atoms with Gasteiger partial charge in [-0.3, -0.25) is 0 Å². The van der Waals surface area contributed by atoms with Crippen molar-refractivity contribution in [1.82, 2.24) is 0 Å². The molecule has 2 rings (SSSR count). The second kappa shape index (κ2) is 5.03. The zero-order valence-corrected chi connectivity index (χ0v) is 10.3. The lowest BCUT2D eigenvalue weighted by molar-refractivity contribution is 0.415. The number of nitrogens with one attached hydrogen (secondary N) is 1. The van der Waals surface area contributed by atoms with Crippen molar-refractivity contribution in [3.63, 3.8) is 0 Å². The van der Waals surface area contributed by atoms with Crippen molar-refractivity contribution in [2.75, 3.05) is 12.4 Å². The second-order valence-electron chi connectivity index (χ2n) is 3.61. The highest BCUT2D eigenvalue weighted by Gasteiger charge is 2.06. The monoisotopic (exact) mass is 233 g/mol. The molecule has 2 aromatic rings. The molecular weight excluding hydrogens is 218 g/mol. The molecule has 0 bridgehead atoms. The molecule has 0 aliphatic heterocycles. The lowest BCUT2D eigenvalue weighted by Gasteiger charge is -2.14. The van der Waals surface area contributed by atoms with Gasteiger partial charge in [-0.1, -0.05) is 12.1 Å². The predicted octanol–water partition coefficient (Wildman–Crippen LogP) is 3.93.